The first-order valence-corrected chi connectivity index (χ1v) is 8.44. The molecule has 0 aliphatic carbocycles. The Balaban J connectivity index is 1.81. The molecule has 0 aliphatic rings. The van der Waals surface area contributed by atoms with E-state index >= 15 is 0 Å². The predicted molar refractivity (Wildman–Crippen MR) is 100 cm³/mol. The fraction of sp³-hybridized carbons (Fsp3) is 0.158. The van der Waals surface area contributed by atoms with Crippen LogP contribution in [0.4, 0.5) is 5.69 Å². The highest BCUT2D eigenvalue weighted by atomic mass is 35.5. The molecule has 0 atom stereocenters. The van der Waals surface area contributed by atoms with Crippen LogP contribution in [0.1, 0.15) is 16.8 Å². The lowest BCUT2D eigenvalue weighted by Gasteiger charge is -2.07. The molecule has 7 nitrogen and oxygen atoms in total. The van der Waals surface area contributed by atoms with Gasteiger partial charge in [0.25, 0.3) is 5.69 Å². The highest BCUT2D eigenvalue weighted by molar-refractivity contribution is 6.32. The fourth-order valence-electron chi connectivity index (χ4n) is 2.77. The summed E-state index contributed by atoms with van der Waals surface area (Å²) in [7, 11) is 0. The van der Waals surface area contributed by atoms with Crippen LogP contribution in [0.25, 0.3) is 10.9 Å². The fourth-order valence-corrected chi connectivity index (χ4v) is 3.00. The van der Waals surface area contributed by atoms with Crippen LogP contribution in [0.2, 0.25) is 5.02 Å². The third-order valence-corrected chi connectivity index (χ3v) is 4.33. The van der Waals surface area contributed by atoms with Gasteiger partial charge in [-0.15, -0.1) is 0 Å². The second kappa shape index (κ2) is 7.89. The van der Waals surface area contributed by atoms with Crippen LogP contribution < -0.4 is 4.74 Å². The molecule has 136 valence electrons. The second-order valence-electron chi connectivity index (χ2n) is 5.75. The lowest BCUT2D eigenvalue weighted by Crippen LogP contribution is -2.11. The maximum atomic E-state index is 12.7. The van der Waals surface area contributed by atoms with Gasteiger partial charge in [0.15, 0.2) is 6.61 Å². The smallest absolute Gasteiger partial charge is 0.271 e. The SMILES string of the molecule is N#CCCn1cc(C(=O)COc2ccc([N+](=O)[O-])cc2Cl)c2ccccc21. The summed E-state index contributed by atoms with van der Waals surface area (Å²) in [6.45, 7) is 0.225. The lowest BCUT2D eigenvalue weighted by atomic mass is 10.1. The Labute approximate surface area is 159 Å². The Kier molecular flexibility index (Phi) is 5.38. The first-order chi connectivity index (χ1) is 13.0. The maximum Gasteiger partial charge on any atom is 0.271 e. The van der Waals surface area contributed by atoms with Gasteiger partial charge in [-0.05, 0) is 12.1 Å². The molecule has 1 aromatic heterocycles. The van der Waals surface area contributed by atoms with Crippen LogP contribution in [0.5, 0.6) is 5.75 Å². The number of non-ortho nitro benzene ring substituents is 1. The number of benzene rings is 2. The molecule has 3 aromatic rings. The van der Waals surface area contributed by atoms with E-state index in [4.69, 9.17) is 21.6 Å². The Morgan fingerprint density at radius 2 is 2.07 bits per heavy atom. The first-order valence-electron chi connectivity index (χ1n) is 8.06. The molecular weight excluding hydrogens is 370 g/mol. The van der Waals surface area contributed by atoms with Crippen molar-refractivity contribution in [2.45, 2.75) is 13.0 Å². The molecule has 27 heavy (non-hydrogen) atoms. The number of nitro groups is 1. The van der Waals surface area contributed by atoms with Crippen molar-refractivity contribution < 1.29 is 14.5 Å². The summed E-state index contributed by atoms with van der Waals surface area (Å²) in [6, 6.07) is 13.3. The zero-order valence-corrected chi connectivity index (χ0v) is 14.8. The molecule has 2 aromatic carbocycles. The minimum atomic E-state index is -0.559. The third-order valence-electron chi connectivity index (χ3n) is 4.04. The van der Waals surface area contributed by atoms with Gasteiger partial charge in [-0.2, -0.15) is 5.26 Å². The number of ether oxygens (including phenoxy) is 1. The summed E-state index contributed by atoms with van der Waals surface area (Å²) in [6.07, 6.45) is 2.05. The van der Waals surface area contributed by atoms with E-state index in [1.165, 1.54) is 18.2 Å². The number of carbonyl (C=O) groups is 1. The molecular formula is C19H14ClN3O4. The van der Waals surface area contributed by atoms with Gasteiger partial charge in [0.1, 0.15) is 5.75 Å². The summed E-state index contributed by atoms with van der Waals surface area (Å²) in [5, 5.41) is 20.4. The van der Waals surface area contributed by atoms with Gasteiger partial charge >= 0.3 is 0 Å². The van der Waals surface area contributed by atoms with Gasteiger partial charge < -0.3 is 9.30 Å². The standard InChI is InChI=1S/C19H14ClN3O4/c20-16-10-13(23(25)26)6-7-19(16)27-12-18(24)15-11-22(9-3-8-21)17-5-2-1-4-14(15)17/h1-2,4-7,10-11H,3,9,12H2. The van der Waals surface area contributed by atoms with Crippen LogP contribution in [-0.2, 0) is 6.54 Å². The molecule has 0 radical (unpaired) electrons. The van der Waals surface area contributed by atoms with Crippen molar-refractivity contribution in [2.24, 2.45) is 0 Å². The van der Waals surface area contributed by atoms with Crippen molar-refractivity contribution >= 4 is 34.0 Å². The molecule has 3 rings (SSSR count). The highest BCUT2D eigenvalue weighted by Crippen LogP contribution is 2.29. The number of nitro benzene ring substituents is 1. The number of halogens is 1. The van der Waals surface area contributed by atoms with Gasteiger partial charge in [-0.25, -0.2) is 0 Å². The van der Waals surface area contributed by atoms with Gasteiger partial charge in [-0.1, -0.05) is 29.8 Å². The molecule has 0 fully saturated rings. The van der Waals surface area contributed by atoms with Crippen molar-refractivity contribution in [1.29, 1.82) is 5.26 Å². The van der Waals surface area contributed by atoms with E-state index in [0.717, 1.165) is 10.9 Å². The number of hydrogen-bond acceptors (Lipinski definition) is 5. The normalized spacial score (nSPS) is 10.5. The molecule has 8 heteroatoms. The quantitative estimate of drug-likeness (QED) is 0.342. The van der Waals surface area contributed by atoms with E-state index in [2.05, 4.69) is 6.07 Å². The number of para-hydroxylation sites is 1. The summed E-state index contributed by atoms with van der Waals surface area (Å²) in [5.41, 5.74) is 1.20. The number of ketones is 1. The number of aromatic nitrogens is 1. The molecule has 0 saturated heterocycles. The minimum Gasteiger partial charge on any atom is -0.484 e. The second-order valence-corrected chi connectivity index (χ2v) is 6.15. The Morgan fingerprint density at radius 1 is 1.30 bits per heavy atom. The number of aryl methyl sites for hydroxylation is 1. The molecule has 0 saturated carbocycles. The molecule has 0 amide bonds. The zero-order valence-electron chi connectivity index (χ0n) is 14.1. The topological polar surface area (TPSA) is 98.2 Å². The van der Waals surface area contributed by atoms with E-state index in [-0.39, 0.29) is 28.8 Å². The van der Waals surface area contributed by atoms with Crippen LogP contribution in [0.3, 0.4) is 0 Å². The van der Waals surface area contributed by atoms with Crippen molar-refractivity contribution in [3.63, 3.8) is 0 Å². The number of nitriles is 1. The van der Waals surface area contributed by atoms with Crippen molar-refractivity contribution in [2.75, 3.05) is 6.61 Å². The van der Waals surface area contributed by atoms with Gasteiger partial charge in [-0.3, -0.25) is 14.9 Å². The first kappa shape index (κ1) is 18.4. The van der Waals surface area contributed by atoms with Crippen molar-refractivity contribution in [3.05, 3.63) is 69.4 Å². The predicted octanol–water partition coefficient (Wildman–Crippen LogP) is 4.38. The van der Waals surface area contributed by atoms with Gasteiger partial charge in [0.05, 0.1) is 22.4 Å². The number of fused-ring (bicyclic) bond motifs is 1. The van der Waals surface area contributed by atoms with Crippen molar-refractivity contribution in [1.82, 2.24) is 4.57 Å². The van der Waals surface area contributed by atoms with Gasteiger partial charge in [0, 0.05) is 41.3 Å². The monoisotopic (exact) mass is 383 g/mol. The Hall–Kier alpha value is -3.37. The Bertz CT molecular complexity index is 1070. The number of carbonyl (C=O) groups excluding carboxylic acids is 1. The van der Waals surface area contributed by atoms with Crippen molar-refractivity contribution in [3.8, 4) is 11.8 Å². The van der Waals surface area contributed by atoms with E-state index in [0.29, 0.717) is 18.5 Å². The van der Waals surface area contributed by atoms with E-state index in [1.807, 2.05) is 28.8 Å². The van der Waals surface area contributed by atoms with Crippen LogP contribution in [-0.4, -0.2) is 21.9 Å². The van der Waals surface area contributed by atoms with Crippen LogP contribution >= 0.6 is 11.6 Å². The zero-order chi connectivity index (χ0) is 19.4. The lowest BCUT2D eigenvalue weighted by molar-refractivity contribution is -0.384. The summed E-state index contributed by atoms with van der Waals surface area (Å²) < 4.78 is 7.33. The summed E-state index contributed by atoms with van der Waals surface area (Å²) >= 11 is 5.98. The largest absolute Gasteiger partial charge is 0.484 e. The Morgan fingerprint density at radius 3 is 2.78 bits per heavy atom. The molecule has 0 N–H and O–H groups in total. The molecule has 0 bridgehead atoms. The molecule has 0 spiro atoms. The highest BCUT2D eigenvalue weighted by Gasteiger charge is 2.17. The summed E-state index contributed by atoms with van der Waals surface area (Å²) in [4.78, 5) is 22.8. The number of rotatable bonds is 7. The van der Waals surface area contributed by atoms with Crippen LogP contribution in [0.15, 0.2) is 48.7 Å². The molecule has 1 heterocycles. The van der Waals surface area contributed by atoms with Gasteiger partial charge in [0.2, 0.25) is 5.78 Å². The number of nitrogens with zero attached hydrogens (tertiary/aromatic N) is 3. The number of hydrogen-bond donors (Lipinski definition) is 0. The van der Waals surface area contributed by atoms with E-state index in [1.54, 1.807) is 6.20 Å². The third kappa shape index (κ3) is 3.91. The van der Waals surface area contributed by atoms with Crippen LogP contribution in [0, 0.1) is 21.4 Å². The average Bonchev–Trinajstić information content (AvgIpc) is 3.04. The number of Topliss-reactive ketones (excluding diaryl/α,β-unsaturated/α-hetero) is 1. The van der Waals surface area contributed by atoms with E-state index < -0.39 is 4.92 Å². The molecule has 0 aliphatic heterocycles. The maximum absolute atomic E-state index is 12.7. The summed E-state index contributed by atoms with van der Waals surface area (Å²) in [5.74, 6) is -0.0554. The minimum absolute atomic E-state index is 0.0634. The van der Waals surface area contributed by atoms with E-state index in [9.17, 15) is 14.9 Å². The molecule has 0 unspecified atom stereocenters. The average molecular weight is 384 g/mol.